The first-order valence-corrected chi connectivity index (χ1v) is 8.04. The van der Waals surface area contributed by atoms with Gasteiger partial charge >= 0.3 is 0 Å². The molecule has 5 nitrogen and oxygen atoms in total. The molecule has 0 bridgehead atoms. The SMILES string of the molecule is CC1CN(C)CCC1NS(=O)(=O)c1ccc(F)c(N)c1. The molecule has 1 fully saturated rings. The van der Waals surface area contributed by atoms with E-state index in [4.69, 9.17) is 5.73 Å². The van der Waals surface area contributed by atoms with E-state index >= 15 is 0 Å². The summed E-state index contributed by atoms with van der Waals surface area (Å²) in [6, 6.07) is 3.34. The number of rotatable bonds is 3. The minimum atomic E-state index is -3.66. The van der Waals surface area contributed by atoms with Gasteiger partial charge in [-0.25, -0.2) is 17.5 Å². The largest absolute Gasteiger partial charge is 0.396 e. The van der Waals surface area contributed by atoms with Crippen LogP contribution < -0.4 is 10.5 Å². The average molecular weight is 301 g/mol. The number of nitrogens with zero attached hydrogens (tertiary/aromatic N) is 1. The third kappa shape index (κ3) is 3.28. The molecule has 2 atom stereocenters. The second-order valence-electron chi connectivity index (χ2n) is 5.44. The van der Waals surface area contributed by atoms with Gasteiger partial charge in [0.25, 0.3) is 0 Å². The van der Waals surface area contributed by atoms with Crippen molar-refractivity contribution in [2.45, 2.75) is 24.3 Å². The monoisotopic (exact) mass is 301 g/mol. The van der Waals surface area contributed by atoms with E-state index in [0.717, 1.165) is 31.6 Å². The molecule has 0 saturated carbocycles. The van der Waals surface area contributed by atoms with Crippen LogP contribution in [0.4, 0.5) is 10.1 Å². The van der Waals surface area contributed by atoms with Crippen LogP contribution in [0.2, 0.25) is 0 Å². The molecule has 0 amide bonds. The fraction of sp³-hybridized carbons (Fsp3) is 0.538. The molecule has 0 spiro atoms. The van der Waals surface area contributed by atoms with Crippen molar-refractivity contribution in [3.05, 3.63) is 24.0 Å². The van der Waals surface area contributed by atoms with E-state index in [1.807, 2.05) is 14.0 Å². The predicted octanol–water partition coefficient (Wildman–Crippen LogP) is 1.03. The molecule has 1 aromatic rings. The number of hydrogen-bond donors (Lipinski definition) is 2. The molecule has 2 rings (SSSR count). The van der Waals surface area contributed by atoms with Crippen molar-refractivity contribution in [3.63, 3.8) is 0 Å². The summed E-state index contributed by atoms with van der Waals surface area (Å²) >= 11 is 0. The van der Waals surface area contributed by atoms with Gasteiger partial charge in [-0.3, -0.25) is 0 Å². The topological polar surface area (TPSA) is 75.4 Å². The fourth-order valence-electron chi connectivity index (χ4n) is 2.49. The van der Waals surface area contributed by atoms with Gasteiger partial charge in [-0.1, -0.05) is 6.92 Å². The number of likely N-dealkylation sites (tertiary alicyclic amines) is 1. The van der Waals surface area contributed by atoms with Gasteiger partial charge in [-0.15, -0.1) is 0 Å². The summed E-state index contributed by atoms with van der Waals surface area (Å²) in [7, 11) is -1.65. The minimum absolute atomic E-state index is 0.00234. The van der Waals surface area contributed by atoms with Gasteiger partial charge < -0.3 is 10.6 Å². The lowest BCUT2D eigenvalue weighted by Crippen LogP contribution is -2.48. The number of halogens is 1. The van der Waals surface area contributed by atoms with Crippen LogP contribution in [0.1, 0.15) is 13.3 Å². The Morgan fingerprint density at radius 3 is 2.75 bits per heavy atom. The summed E-state index contributed by atoms with van der Waals surface area (Å²) in [5.74, 6) is -0.391. The number of sulfonamides is 1. The first kappa shape index (κ1) is 15.2. The van der Waals surface area contributed by atoms with Crippen molar-refractivity contribution in [2.75, 3.05) is 25.9 Å². The average Bonchev–Trinajstić information content (AvgIpc) is 2.36. The molecule has 1 aliphatic heterocycles. The summed E-state index contributed by atoms with van der Waals surface area (Å²) in [4.78, 5) is 2.17. The molecule has 7 heteroatoms. The van der Waals surface area contributed by atoms with Crippen molar-refractivity contribution in [1.82, 2.24) is 9.62 Å². The van der Waals surface area contributed by atoms with E-state index in [0.29, 0.717) is 0 Å². The zero-order valence-corrected chi connectivity index (χ0v) is 12.5. The van der Waals surface area contributed by atoms with Crippen LogP contribution in [-0.4, -0.2) is 39.5 Å². The van der Waals surface area contributed by atoms with Crippen molar-refractivity contribution in [3.8, 4) is 0 Å². The lowest BCUT2D eigenvalue weighted by Gasteiger charge is -2.34. The van der Waals surface area contributed by atoms with Crippen LogP contribution in [0.15, 0.2) is 23.1 Å². The van der Waals surface area contributed by atoms with E-state index < -0.39 is 15.8 Å². The van der Waals surface area contributed by atoms with Crippen molar-refractivity contribution in [2.24, 2.45) is 5.92 Å². The maximum Gasteiger partial charge on any atom is 0.240 e. The molecule has 0 aliphatic carbocycles. The Hall–Kier alpha value is -1.18. The van der Waals surface area contributed by atoms with E-state index in [9.17, 15) is 12.8 Å². The molecule has 1 heterocycles. The summed E-state index contributed by atoms with van der Waals surface area (Å²) in [6.45, 7) is 3.71. The molecule has 0 aromatic heterocycles. The highest BCUT2D eigenvalue weighted by Gasteiger charge is 2.28. The normalized spacial score (nSPS) is 24.8. The maximum atomic E-state index is 13.1. The number of hydrogen-bond acceptors (Lipinski definition) is 4. The summed E-state index contributed by atoms with van der Waals surface area (Å²) in [5, 5.41) is 0. The number of piperidine rings is 1. The van der Waals surface area contributed by atoms with E-state index in [1.165, 1.54) is 6.07 Å². The van der Waals surface area contributed by atoms with Crippen LogP contribution >= 0.6 is 0 Å². The lowest BCUT2D eigenvalue weighted by atomic mass is 9.95. The molecular formula is C13H20FN3O2S. The Balaban J connectivity index is 2.16. The van der Waals surface area contributed by atoms with E-state index in [2.05, 4.69) is 9.62 Å². The molecule has 20 heavy (non-hydrogen) atoms. The Labute approximate surface area is 119 Å². The zero-order valence-electron chi connectivity index (χ0n) is 11.6. The smallest absolute Gasteiger partial charge is 0.240 e. The first-order chi connectivity index (χ1) is 9.29. The maximum absolute atomic E-state index is 13.1. The van der Waals surface area contributed by atoms with Gasteiger partial charge in [-0.2, -0.15) is 0 Å². The fourth-order valence-corrected chi connectivity index (χ4v) is 3.90. The lowest BCUT2D eigenvalue weighted by molar-refractivity contribution is 0.188. The van der Waals surface area contributed by atoms with Crippen molar-refractivity contribution in [1.29, 1.82) is 0 Å². The van der Waals surface area contributed by atoms with Crippen LogP contribution in [0.5, 0.6) is 0 Å². The minimum Gasteiger partial charge on any atom is -0.396 e. The summed E-state index contributed by atoms with van der Waals surface area (Å²) < 4.78 is 40.4. The van der Waals surface area contributed by atoms with E-state index in [-0.39, 0.29) is 22.5 Å². The number of anilines is 1. The second kappa shape index (κ2) is 5.67. The molecular weight excluding hydrogens is 281 g/mol. The van der Waals surface area contributed by atoms with Gasteiger partial charge in [0.2, 0.25) is 10.0 Å². The molecule has 1 saturated heterocycles. The standard InChI is InChI=1S/C13H20FN3O2S/c1-9-8-17(2)6-5-13(9)16-20(18,19)10-3-4-11(14)12(15)7-10/h3-4,7,9,13,16H,5-6,8,15H2,1-2H3. The molecule has 3 N–H and O–H groups in total. The number of nitrogen functional groups attached to an aromatic ring is 1. The van der Waals surface area contributed by atoms with Gasteiger partial charge in [0.15, 0.2) is 0 Å². The third-order valence-electron chi connectivity index (χ3n) is 3.69. The second-order valence-corrected chi connectivity index (χ2v) is 7.15. The number of nitrogens with one attached hydrogen (secondary N) is 1. The molecule has 1 aromatic carbocycles. The highest BCUT2D eigenvalue weighted by Crippen LogP contribution is 2.20. The predicted molar refractivity (Wildman–Crippen MR) is 76.2 cm³/mol. The van der Waals surface area contributed by atoms with Gasteiger partial charge in [0.1, 0.15) is 5.82 Å². The van der Waals surface area contributed by atoms with Crippen molar-refractivity contribution >= 4 is 15.7 Å². The van der Waals surface area contributed by atoms with E-state index in [1.54, 1.807) is 0 Å². The first-order valence-electron chi connectivity index (χ1n) is 6.55. The number of nitrogens with two attached hydrogens (primary N) is 1. The summed E-state index contributed by atoms with van der Waals surface area (Å²) in [5.41, 5.74) is 5.26. The van der Waals surface area contributed by atoms with Gasteiger partial charge in [0, 0.05) is 12.6 Å². The molecule has 112 valence electrons. The highest BCUT2D eigenvalue weighted by molar-refractivity contribution is 7.89. The quantitative estimate of drug-likeness (QED) is 0.818. The zero-order chi connectivity index (χ0) is 14.9. The Morgan fingerprint density at radius 2 is 2.15 bits per heavy atom. The van der Waals surface area contributed by atoms with Gasteiger partial charge in [0.05, 0.1) is 10.6 Å². The summed E-state index contributed by atoms with van der Waals surface area (Å²) in [6.07, 6.45) is 0.758. The van der Waals surface area contributed by atoms with Crippen LogP contribution in [0.25, 0.3) is 0 Å². The van der Waals surface area contributed by atoms with Crippen LogP contribution in [0.3, 0.4) is 0 Å². The Morgan fingerprint density at radius 1 is 1.45 bits per heavy atom. The van der Waals surface area contributed by atoms with Gasteiger partial charge in [-0.05, 0) is 44.1 Å². The Bertz CT molecular complexity index is 591. The molecule has 1 aliphatic rings. The molecule has 2 unspecified atom stereocenters. The van der Waals surface area contributed by atoms with Crippen molar-refractivity contribution < 1.29 is 12.8 Å². The third-order valence-corrected chi connectivity index (χ3v) is 5.18. The van der Waals surface area contributed by atoms with Crippen LogP contribution in [0, 0.1) is 11.7 Å². The highest BCUT2D eigenvalue weighted by atomic mass is 32.2. The number of benzene rings is 1. The van der Waals surface area contributed by atoms with Crippen LogP contribution in [-0.2, 0) is 10.0 Å². The molecule has 0 radical (unpaired) electrons. The Kier molecular flexibility index (Phi) is 4.31.